The van der Waals surface area contributed by atoms with Crippen LogP contribution in [0.15, 0.2) is 42.5 Å². The SMILES string of the molecule is CCc1cccc(CC)c1NC(=O)c1cccc(C(=O)N2CCN(CC)CC2)c1. The lowest BCUT2D eigenvalue weighted by molar-refractivity contribution is 0.0643. The lowest BCUT2D eigenvalue weighted by atomic mass is 10.0. The number of carbonyl (C=O) groups is 2. The standard InChI is InChI=1S/C24H31N3O2/c1-4-18-9-7-10-19(5-2)22(18)25-23(28)20-11-8-12-21(17-20)24(29)27-15-13-26(6-3)14-16-27/h7-12,17H,4-6,13-16H2,1-3H3,(H,25,28). The monoisotopic (exact) mass is 393 g/mol. The number of piperazine rings is 1. The summed E-state index contributed by atoms with van der Waals surface area (Å²) in [7, 11) is 0. The molecule has 1 saturated heterocycles. The fraction of sp³-hybridized carbons (Fsp3) is 0.417. The molecule has 2 aromatic rings. The van der Waals surface area contributed by atoms with E-state index in [9.17, 15) is 9.59 Å². The Morgan fingerprint density at radius 3 is 2.03 bits per heavy atom. The number of benzene rings is 2. The molecule has 3 rings (SSSR count). The Balaban J connectivity index is 1.76. The van der Waals surface area contributed by atoms with Crippen LogP contribution in [-0.2, 0) is 12.8 Å². The second kappa shape index (κ2) is 9.70. The highest BCUT2D eigenvalue weighted by Gasteiger charge is 2.22. The fourth-order valence-electron chi connectivity index (χ4n) is 3.83. The van der Waals surface area contributed by atoms with Gasteiger partial charge in [-0.05, 0) is 48.7 Å². The Morgan fingerprint density at radius 1 is 0.862 bits per heavy atom. The smallest absolute Gasteiger partial charge is 0.255 e. The third kappa shape index (κ3) is 4.85. The average Bonchev–Trinajstić information content (AvgIpc) is 2.78. The molecule has 0 saturated carbocycles. The maximum absolute atomic E-state index is 12.9. The number of nitrogens with zero attached hydrogens (tertiary/aromatic N) is 2. The maximum atomic E-state index is 12.9. The molecule has 154 valence electrons. The topological polar surface area (TPSA) is 52.7 Å². The molecule has 0 atom stereocenters. The van der Waals surface area contributed by atoms with Crippen LogP contribution in [0, 0.1) is 0 Å². The number of amides is 2. The van der Waals surface area contributed by atoms with E-state index in [0.29, 0.717) is 11.1 Å². The summed E-state index contributed by atoms with van der Waals surface area (Å²) in [4.78, 5) is 30.1. The van der Waals surface area contributed by atoms with Crippen molar-refractivity contribution in [1.82, 2.24) is 9.80 Å². The number of anilines is 1. The zero-order valence-corrected chi connectivity index (χ0v) is 17.7. The summed E-state index contributed by atoms with van der Waals surface area (Å²) in [5, 5.41) is 3.09. The van der Waals surface area contributed by atoms with Gasteiger partial charge in [-0.2, -0.15) is 0 Å². The molecule has 0 spiro atoms. The third-order valence-electron chi connectivity index (χ3n) is 5.72. The van der Waals surface area contributed by atoms with Gasteiger partial charge in [-0.15, -0.1) is 0 Å². The number of carbonyl (C=O) groups excluding carboxylic acids is 2. The van der Waals surface area contributed by atoms with E-state index in [-0.39, 0.29) is 11.8 Å². The van der Waals surface area contributed by atoms with Crippen molar-refractivity contribution in [3.8, 4) is 0 Å². The first-order chi connectivity index (χ1) is 14.1. The first kappa shape index (κ1) is 21.1. The molecule has 5 nitrogen and oxygen atoms in total. The van der Waals surface area contributed by atoms with Crippen molar-refractivity contribution < 1.29 is 9.59 Å². The Hall–Kier alpha value is -2.66. The summed E-state index contributed by atoms with van der Waals surface area (Å²) in [5.41, 5.74) is 4.23. The van der Waals surface area contributed by atoms with Crippen LogP contribution >= 0.6 is 0 Å². The summed E-state index contributed by atoms with van der Waals surface area (Å²) in [5.74, 6) is -0.176. The van der Waals surface area contributed by atoms with Gasteiger partial charge in [0, 0.05) is 43.0 Å². The van der Waals surface area contributed by atoms with Crippen LogP contribution < -0.4 is 5.32 Å². The summed E-state index contributed by atoms with van der Waals surface area (Å²) >= 11 is 0. The predicted molar refractivity (Wildman–Crippen MR) is 118 cm³/mol. The van der Waals surface area contributed by atoms with Crippen molar-refractivity contribution in [2.75, 3.05) is 38.0 Å². The normalized spacial score (nSPS) is 14.7. The lowest BCUT2D eigenvalue weighted by Gasteiger charge is -2.34. The van der Waals surface area contributed by atoms with Gasteiger partial charge in [0.1, 0.15) is 0 Å². The van der Waals surface area contributed by atoms with Crippen molar-refractivity contribution in [3.05, 3.63) is 64.7 Å². The minimum absolute atomic E-state index is 0.00129. The van der Waals surface area contributed by atoms with Gasteiger partial charge in [0.15, 0.2) is 0 Å². The number of para-hydroxylation sites is 1. The van der Waals surface area contributed by atoms with E-state index in [4.69, 9.17) is 0 Å². The van der Waals surface area contributed by atoms with E-state index in [1.54, 1.807) is 24.3 Å². The lowest BCUT2D eigenvalue weighted by Crippen LogP contribution is -2.48. The van der Waals surface area contributed by atoms with Crippen LogP contribution in [0.1, 0.15) is 52.6 Å². The molecule has 0 unspecified atom stereocenters. The number of nitrogens with one attached hydrogen (secondary N) is 1. The molecule has 1 heterocycles. The highest BCUT2D eigenvalue weighted by Crippen LogP contribution is 2.23. The number of hydrogen-bond acceptors (Lipinski definition) is 3. The third-order valence-corrected chi connectivity index (χ3v) is 5.72. The Bertz CT molecular complexity index is 848. The maximum Gasteiger partial charge on any atom is 0.255 e. The van der Waals surface area contributed by atoms with Crippen LogP contribution in [0.5, 0.6) is 0 Å². The van der Waals surface area contributed by atoms with Crippen LogP contribution in [0.4, 0.5) is 5.69 Å². The van der Waals surface area contributed by atoms with Crippen molar-refractivity contribution in [2.24, 2.45) is 0 Å². The van der Waals surface area contributed by atoms with E-state index in [2.05, 4.69) is 31.0 Å². The van der Waals surface area contributed by atoms with Gasteiger partial charge in [-0.25, -0.2) is 0 Å². The summed E-state index contributed by atoms with van der Waals surface area (Å²) in [6, 6.07) is 13.2. The molecule has 0 aromatic heterocycles. The molecule has 5 heteroatoms. The molecule has 1 aliphatic rings. The van der Waals surface area contributed by atoms with E-state index in [1.165, 1.54) is 0 Å². The average molecular weight is 394 g/mol. The molecule has 2 amide bonds. The molecule has 1 fully saturated rings. The molecule has 1 N–H and O–H groups in total. The quantitative estimate of drug-likeness (QED) is 0.811. The van der Waals surface area contributed by atoms with Crippen LogP contribution in [0.2, 0.25) is 0 Å². The van der Waals surface area contributed by atoms with E-state index in [1.807, 2.05) is 23.1 Å². The zero-order chi connectivity index (χ0) is 20.8. The molecule has 1 aliphatic heterocycles. The van der Waals surface area contributed by atoms with Gasteiger partial charge in [0.2, 0.25) is 0 Å². The second-order valence-corrected chi connectivity index (χ2v) is 7.42. The molecule has 0 bridgehead atoms. The molecule has 29 heavy (non-hydrogen) atoms. The Morgan fingerprint density at radius 2 is 1.45 bits per heavy atom. The largest absolute Gasteiger partial charge is 0.336 e. The minimum atomic E-state index is -0.175. The van der Waals surface area contributed by atoms with Gasteiger partial charge >= 0.3 is 0 Å². The molecular formula is C24H31N3O2. The van der Waals surface area contributed by atoms with Crippen molar-refractivity contribution >= 4 is 17.5 Å². The van der Waals surface area contributed by atoms with Gasteiger partial charge in [0.05, 0.1) is 0 Å². The minimum Gasteiger partial charge on any atom is -0.336 e. The summed E-state index contributed by atoms with van der Waals surface area (Å²) < 4.78 is 0. The highest BCUT2D eigenvalue weighted by molar-refractivity contribution is 6.06. The van der Waals surface area contributed by atoms with Crippen LogP contribution in [0.3, 0.4) is 0 Å². The van der Waals surface area contributed by atoms with E-state index < -0.39 is 0 Å². The predicted octanol–water partition coefficient (Wildman–Crippen LogP) is 3.84. The van der Waals surface area contributed by atoms with Crippen molar-refractivity contribution in [2.45, 2.75) is 33.6 Å². The summed E-state index contributed by atoms with van der Waals surface area (Å²) in [6.07, 6.45) is 1.71. The Labute approximate surface area is 173 Å². The van der Waals surface area contributed by atoms with Gasteiger partial charge in [0.25, 0.3) is 11.8 Å². The number of aryl methyl sites for hydroxylation is 2. The van der Waals surface area contributed by atoms with Gasteiger partial charge in [-0.1, -0.05) is 45.0 Å². The number of likely N-dealkylation sites (N-methyl/N-ethyl adjacent to an activating group) is 1. The Kier molecular flexibility index (Phi) is 7.04. The summed E-state index contributed by atoms with van der Waals surface area (Å²) in [6.45, 7) is 10.6. The molecular weight excluding hydrogens is 362 g/mol. The zero-order valence-electron chi connectivity index (χ0n) is 17.7. The molecule has 0 aliphatic carbocycles. The van der Waals surface area contributed by atoms with Crippen LogP contribution in [0.25, 0.3) is 0 Å². The molecule has 2 aromatic carbocycles. The van der Waals surface area contributed by atoms with Gasteiger partial charge in [-0.3, -0.25) is 9.59 Å². The van der Waals surface area contributed by atoms with E-state index >= 15 is 0 Å². The number of hydrogen-bond donors (Lipinski definition) is 1. The van der Waals surface area contributed by atoms with Gasteiger partial charge < -0.3 is 15.1 Å². The van der Waals surface area contributed by atoms with Crippen molar-refractivity contribution in [3.63, 3.8) is 0 Å². The van der Waals surface area contributed by atoms with Crippen molar-refractivity contribution in [1.29, 1.82) is 0 Å². The molecule has 0 radical (unpaired) electrons. The second-order valence-electron chi connectivity index (χ2n) is 7.42. The number of rotatable bonds is 6. The first-order valence-corrected chi connectivity index (χ1v) is 10.6. The highest BCUT2D eigenvalue weighted by atomic mass is 16.2. The van der Waals surface area contributed by atoms with Crippen LogP contribution in [-0.4, -0.2) is 54.3 Å². The van der Waals surface area contributed by atoms with E-state index in [0.717, 1.165) is 62.4 Å². The first-order valence-electron chi connectivity index (χ1n) is 10.6. The fourth-order valence-corrected chi connectivity index (χ4v) is 3.83.